The van der Waals surface area contributed by atoms with Crippen LogP contribution in [0.1, 0.15) is 35.6 Å². The van der Waals surface area contributed by atoms with Gasteiger partial charge < -0.3 is 10.4 Å². The molecule has 3 rings (SSSR count). The van der Waals surface area contributed by atoms with Crippen molar-refractivity contribution in [3.63, 3.8) is 0 Å². The van der Waals surface area contributed by atoms with E-state index in [4.69, 9.17) is 0 Å². The number of hydrogen-bond donors (Lipinski definition) is 2. The fourth-order valence-corrected chi connectivity index (χ4v) is 3.11. The number of aliphatic hydroxyl groups excluding tert-OH is 1. The van der Waals surface area contributed by atoms with Crippen molar-refractivity contribution in [2.75, 3.05) is 0 Å². The lowest BCUT2D eigenvalue weighted by Gasteiger charge is -2.34. The van der Waals surface area contributed by atoms with E-state index in [1.807, 2.05) is 60.7 Å². The van der Waals surface area contributed by atoms with E-state index in [-0.39, 0.29) is 17.9 Å². The van der Waals surface area contributed by atoms with Crippen molar-refractivity contribution in [3.05, 3.63) is 77.4 Å². The molecule has 1 aliphatic carbocycles. The lowest BCUT2D eigenvalue weighted by Crippen LogP contribution is -2.36. The van der Waals surface area contributed by atoms with Crippen LogP contribution in [0.5, 0.6) is 0 Å². The Hall–Kier alpha value is -2.39. The van der Waals surface area contributed by atoms with Gasteiger partial charge in [0, 0.05) is 12.8 Å². The van der Waals surface area contributed by atoms with E-state index in [0.717, 1.165) is 16.7 Å². The van der Waals surface area contributed by atoms with Gasteiger partial charge in [0.25, 0.3) is 0 Å². The SMILES string of the molecule is CC(=O)NC(c1ccccc1)C1c2ccccc2C=CC1O. The average molecular weight is 293 g/mol. The molecule has 1 amide bonds. The fraction of sp³-hybridized carbons (Fsp3) is 0.211. The lowest BCUT2D eigenvalue weighted by molar-refractivity contribution is -0.120. The standard InChI is InChI=1S/C19H19NO2/c1-13(21)20-19(15-8-3-2-4-9-15)18-16-10-6-5-7-14(16)11-12-17(18)22/h2-12,17-19,22H,1H3,(H,20,21). The maximum atomic E-state index is 11.7. The molecule has 3 heteroatoms. The highest BCUT2D eigenvalue weighted by atomic mass is 16.3. The zero-order chi connectivity index (χ0) is 15.5. The maximum absolute atomic E-state index is 11.7. The summed E-state index contributed by atoms with van der Waals surface area (Å²) < 4.78 is 0. The predicted octanol–water partition coefficient (Wildman–Crippen LogP) is 3.04. The van der Waals surface area contributed by atoms with E-state index in [0.29, 0.717) is 0 Å². The third-order valence-corrected chi connectivity index (χ3v) is 4.07. The number of carbonyl (C=O) groups is 1. The molecule has 112 valence electrons. The molecule has 3 unspecified atom stereocenters. The molecule has 0 saturated heterocycles. The van der Waals surface area contributed by atoms with Crippen LogP contribution in [0.4, 0.5) is 0 Å². The van der Waals surface area contributed by atoms with Gasteiger partial charge in [-0.2, -0.15) is 0 Å². The van der Waals surface area contributed by atoms with Crippen molar-refractivity contribution < 1.29 is 9.90 Å². The topological polar surface area (TPSA) is 49.3 Å². The van der Waals surface area contributed by atoms with Gasteiger partial charge in [-0.3, -0.25) is 4.79 Å². The van der Waals surface area contributed by atoms with Gasteiger partial charge in [-0.05, 0) is 16.7 Å². The van der Waals surface area contributed by atoms with Crippen LogP contribution in [0.25, 0.3) is 6.08 Å². The zero-order valence-electron chi connectivity index (χ0n) is 12.4. The molecule has 3 atom stereocenters. The summed E-state index contributed by atoms with van der Waals surface area (Å²) in [6.07, 6.45) is 3.10. The first-order valence-electron chi connectivity index (χ1n) is 7.44. The van der Waals surface area contributed by atoms with E-state index in [1.165, 1.54) is 6.92 Å². The summed E-state index contributed by atoms with van der Waals surface area (Å²) in [5.41, 5.74) is 3.14. The molecular weight excluding hydrogens is 274 g/mol. The summed E-state index contributed by atoms with van der Waals surface area (Å²) in [5, 5.41) is 13.5. The molecule has 0 aromatic heterocycles. The first-order chi connectivity index (χ1) is 10.7. The molecule has 22 heavy (non-hydrogen) atoms. The van der Waals surface area contributed by atoms with Crippen molar-refractivity contribution in [2.24, 2.45) is 0 Å². The van der Waals surface area contributed by atoms with Gasteiger partial charge in [0.15, 0.2) is 0 Å². The zero-order valence-corrected chi connectivity index (χ0v) is 12.4. The Morgan fingerprint density at radius 3 is 2.50 bits per heavy atom. The molecule has 0 spiro atoms. The van der Waals surface area contributed by atoms with Crippen molar-refractivity contribution in [2.45, 2.75) is 25.0 Å². The molecule has 2 N–H and O–H groups in total. The molecule has 0 radical (unpaired) electrons. The molecule has 1 aliphatic rings. The summed E-state index contributed by atoms with van der Waals surface area (Å²) in [6.45, 7) is 1.51. The highest BCUT2D eigenvalue weighted by Gasteiger charge is 2.33. The molecule has 0 saturated carbocycles. The number of rotatable bonds is 3. The highest BCUT2D eigenvalue weighted by Crippen LogP contribution is 2.39. The third kappa shape index (κ3) is 2.81. The van der Waals surface area contributed by atoms with E-state index in [9.17, 15) is 9.90 Å². The van der Waals surface area contributed by atoms with Gasteiger partial charge in [0.2, 0.25) is 5.91 Å². The van der Waals surface area contributed by atoms with Gasteiger partial charge in [-0.25, -0.2) is 0 Å². The van der Waals surface area contributed by atoms with Gasteiger partial charge in [-0.15, -0.1) is 0 Å². The van der Waals surface area contributed by atoms with Crippen molar-refractivity contribution in [1.29, 1.82) is 0 Å². The third-order valence-electron chi connectivity index (χ3n) is 4.07. The van der Waals surface area contributed by atoms with Crippen LogP contribution >= 0.6 is 0 Å². The van der Waals surface area contributed by atoms with E-state index in [1.54, 1.807) is 6.08 Å². The molecule has 2 aromatic rings. The minimum atomic E-state index is -0.632. The number of fused-ring (bicyclic) bond motifs is 1. The predicted molar refractivity (Wildman–Crippen MR) is 87.2 cm³/mol. The van der Waals surface area contributed by atoms with Gasteiger partial charge >= 0.3 is 0 Å². The smallest absolute Gasteiger partial charge is 0.217 e. The van der Waals surface area contributed by atoms with Crippen LogP contribution in [-0.2, 0) is 4.79 Å². The number of nitrogens with one attached hydrogen (secondary N) is 1. The van der Waals surface area contributed by atoms with Crippen LogP contribution in [0.3, 0.4) is 0 Å². The number of carbonyl (C=O) groups excluding carboxylic acids is 1. The summed E-state index contributed by atoms with van der Waals surface area (Å²) in [4.78, 5) is 11.7. The summed E-state index contributed by atoms with van der Waals surface area (Å²) >= 11 is 0. The number of amides is 1. The Balaban J connectivity index is 2.07. The Labute approximate surface area is 130 Å². The molecule has 0 bridgehead atoms. The molecule has 2 aromatic carbocycles. The fourth-order valence-electron chi connectivity index (χ4n) is 3.11. The first kappa shape index (κ1) is 14.5. The minimum absolute atomic E-state index is 0.104. The Morgan fingerprint density at radius 1 is 1.09 bits per heavy atom. The van der Waals surface area contributed by atoms with Gasteiger partial charge in [0.1, 0.15) is 0 Å². The van der Waals surface area contributed by atoms with E-state index < -0.39 is 6.10 Å². The summed E-state index contributed by atoms with van der Waals surface area (Å²) in [5.74, 6) is -0.305. The van der Waals surface area contributed by atoms with Crippen LogP contribution in [0.15, 0.2) is 60.7 Å². The largest absolute Gasteiger partial charge is 0.388 e. The van der Waals surface area contributed by atoms with Gasteiger partial charge in [0.05, 0.1) is 12.1 Å². The Morgan fingerprint density at radius 2 is 1.77 bits per heavy atom. The lowest BCUT2D eigenvalue weighted by atomic mass is 9.78. The normalized spacial score (nSPS) is 21.0. The summed E-state index contributed by atoms with van der Waals surface area (Å²) in [6, 6.07) is 17.5. The van der Waals surface area contributed by atoms with Crippen molar-refractivity contribution >= 4 is 12.0 Å². The second kappa shape index (κ2) is 6.16. The number of hydrogen-bond acceptors (Lipinski definition) is 2. The van der Waals surface area contributed by atoms with Crippen LogP contribution in [0.2, 0.25) is 0 Å². The summed E-state index contributed by atoms with van der Waals surface area (Å²) in [7, 11) is 0. The monoisotopic (exact) mass is 293 g/mol. The molecular formula is C19H19NO2. The second-order valence-electron chi connectivity index (χ2n) is 5.59. The van der Waals surface area contributed by atoms with Crippen molar-refractivity contribution in [3.8, 4) is 0 Å². The highest BCUT2D eigenvalue weighted by molar-refractivity contribution is 5.74. The van der Waals surface area contributed by atoms with Crippen molar-refractivity contribution in [1.82, 2.24) is 5.32 Å². The van der Waals surface area contributed by atoms with E-state index in [2.05, 4.69) is 5.32 Å². The van der Waals surface area contributed by atoms with Crippen LogP contribution < -0.4 is 5.32 Å². The molecule has 0 heterocycles. The Kier molecular flexibility index (Phi) is 4.07. The molecule has 0 fully saturated rings. The van der Waals surface area contributed by atoms with Crippen LogP contribution in [-0.4, -0.2) is 17.1 Å². The minimum Gasteiger partial charge on any atom is -0.388 e. The second-order valence-corrected chi connectivity index (χ2v) is 5.59. The first-order valence-corrected chi connectivity index (χ1v) is 7.44. The van der Waals surface area contributed by atoms with Crippen LogP contribution in [0, 0.1) is 0 Å². The number of aliphatic hydroxyl groups is 1. The number of benzene rings is 2. The molecule has 0 aliphatic heterocycles. The quantitative estimate of drug-likeness (QED) is 0.914. The van der Waals surface area contributed by atoms with Gasteiger partial charge in [-0.1, -0.05) is 66.7 Å². The maximum Gasteiger partial charge on any atom is 0.217 e. The molecule has 3 nitrogen and oxygen atoms in total. The van der Waals surface area contributed by atoms with E-state index >= 15 is 0 Å². The Bertz CT molecular complexity index is 694. The average Bonchev–Trinajstić information content (AvgIpc) is 2.54.